The zero-order chi connectivity index (χ0) is 10.8. The van der Waals surface area contributed by atoms with Crippen molar-refractivity contribution in [2.75, 3.05) is 14.2 Å². The second-order valence-corrected chi connectivity index (χ2v) is 4.36. The zero-order valence-electron chi connectivity index (χ0n) is 7.74. The highest BCUT2D eigenvalue weighted by Crippen LogP contribution is 2.19. The van der Waals surface area contributed by atoms with Crippen LogP contribution in [0.4, 0.5) is 4.39 Å². The van der Waals surface area contributed by atoms with E-state index < -0.39 is 15.8 Å². The van der Waals surface area contributed by atoms with E-state index in [1.54, 1.807) is 0 Å². The molecular weight excluding hydrogens is 209 g/mol. The van der Waals surface area contributed by atoms with Gasteiger partial charge in [0.25, 0.3) is 0 Å². The summed E-state index contributed by atoms with van der Waals surface area (Å²) in [5.74, 6) is -0.559. The third kappa shape index (κ3) is 2.02. The number of nitrogens with one attached hydrogen (secondary N) is 1. The van der Waals surface area contributed by atoms with E-state index in [9.17, 15) is 12.8 Å². The average Bonchev–Trinajstić information content (AvgIpc) is 2.17. The molecule has 0 bridgehead atoms. The first-order valence-electron chi connectivity index (χ1n) is 3.78. The summed E-state index contributed by atoms with van der Waals surface area (Å²) >= 11 is 0. The van der Waals surface area contributed by atoms with Crippen LogP contribution in [0.15, 0.2) is 23.1 Å². The van der Waals surface area contributed by atoms with Crippen LogP contribution in [0.1, 0.15) is 0 Å². The topological polar surface area (TPSA) is 55.4 Å². The van der Waals surface area contributed by atoms with Gasteiger partial charge >= 0.3 is 0 Å². The molecule has 0 aromatic heterocycles. The molecule has 0 aliphatic heterocycles. The van der Waals surface area contributed by atoms with Gasteiger partial charge in [0.15, 0.2) is 0 Å². The molecule has 1 aromatic rings. The summed E-state index contributed by atoms with van der Waals surface area (Å²) in [6, 6.07) is 3.55. The Balaban J connectivity index is 3.26. The lowest BCUT2D eigenvalue weighted by molar-refractivity contribution is 0.409. The Morgan fingerprint density at radius 3 is 2.50 bits per heavy atom. The number of halogens is 1. The lowest BCUT2D eigenvalue weighted by atomic mass is 10.3. The van der Waals surface area contributed by atoms with Crippen LogP contribution in [0, 0.1) is 5.82 Å². The maximum Gasteiger partial charge on any atom is 0.243 e. The second-order valence-electron chi connectivity index (χ2n) is 2.50. The molecule has 4 nitrogen and oxygen atoms in total. The van der Waals surface area contributed by atoms with E-state index in [-0.39, 0.29) is 10.6 Å². The highest BCUT2D eigenvalue weighted by molar-refractivity contribution is 7.89. The molecule has 0 saturated carbocycles. The summed E-state index contributed by atoms with van der Waals surface area (Å²) in [5, 5.41) is 0. The molecule has 0 saturated heterocycles. The van der Waals surface area contributed by atoms with Crippen molar-refractivity contribution in [2.24, 2.45) is 0 Å². The summed E-state index contributed by atoms with van der Waals surface area (Å²) < 4.78 is 42.4. The van der Waals surface area contributed by atoms with Crippen molar-refractivity contribution < 1.29 is 17.5 Å². The lowest BCUT2D eigenvalue weighted by Gasteiger charge is -2.05. The summed E-state index contributed by atoms with van der Waals surface area (Å²) in [6.45, 7) is 0. The van der Waals surface area contributed by atoms with Crippen molar-refractivity contribution in [2.45, 2.75) is 4.90 Å². The minimum absolute atomic E-state index is 0.276. The molecule has 0 atom stereocenters. The molecule has 0 amide bonds. The van der Waals surface area contributed by atoms with Crippen molar-refractivity contribution >= 4 is 10.0 Å². The summed E-state index contributed by atoms with van der Waals surface area (Å²) in [5.41, 5.74) is 0. The Morgan fingerprint density at radius 2 is 2.07 bits per heavy atom. The van der Waals surface area contributed by atoms with E-state index in [4.69, 9.17) is 4.74 Å². The molecule has 0 aliphatic carbocycles. The largest absolute Gasteiger partial charge is 0.497 e. The van der Waals surface area contributed by atoms with Crippen LogP contribution in [0.3, 0.4) is 0 Å². The van der Waals surface area contributed by atoms with Crippen molar-refractivity contribution in [3.05, 3.63) is 24.0 Å². The minimum Gasteiger partial charge on any atom is -0.497 e. The standard InChI is InChI=1S/C8H10FNO3S/c1-10-14(11,12)8-4-3-6(13-2)5-7(8)9/h3-5,10H,1-2H3. The van der Waals surface area contributed by atoms with Crippen molar-refractivity contribution in [1.82, 2.24) is 4.72 Å². The first-order valence-corrected chi connectivity index (χ1v) is 5.26. The Labute approximate surface area is 81.8 Å². The van der Waals surface area contributed by atoms with Crippen molar-refractivity contribution in [3.8, 4) is 5.75 Å². The number of benzene rings is 1. The molecule has 0 heterocycles. The van der Waals surface area contributed by atoms with Gasteiger partial charge in [-0.25, -0.2) is 17.5 Å². The fourth-order valence-electron chi connectivity index (χ4n) is 0.936. The normalized spacial score (nSPS) is 11.4. The molecular formula is C8H10FNO3S. The van der Waals surface area contributed by atoms with E-state index >= 15 is 0 Å². The number of methoxy groups -OCH3 is 1. The van der Waals surface area contributed by atoms with Crippen LogP contribution in [-0.2, 0) is 10.0 Å². The molecule has 1 N–H and O–H groups in total. The van der Waals surface area contributed by atoms with Crippen molar-refractivity contribution in [1.29, 1.82) is 0 Å². The minimum atomic E-state index is -3.73. The first-order chi connectivity index (χ1) is 6.51. The fraction of sp³-hybridized carbons (Fsp3) is 0.250. The second kappa shape index (κ2) is 3.93. The van der Waals surface area contributed by atoms with Gasteiger partial charge in [-0.15, -0.1) is 0 Å². The highest BCUT2D eigenvalue weighted by atomic mass is 32.2. The first kappa shape index (κ1) is 10.9. The van der Waals surface area contributed by atoms with E-state index in [1.807, 2.05) is 4.72 Å². The SMILES string of the molecule is CNS(=O)(=O)c1ccc(OC)cc1F. The molecule has 14 heavy (non-hydrogen) atoms. The molecule has 1 rings (SSSR count). The van der Waals surface area contributed by atoms with Crippen LogP contribution in [0.25, 0.3) is 0 Å². The van der Waals surface area contributed by atoms with Gasteiger partial charge in [0.2, 0.25) is 10.0 Å². The van der Waals surface area contributed by atoms with Gasteiger partial charge < -0.3 is 4.74 Å². The van der Waals surface area contributed by atoms with Crippen LogP contribution in [0.2, 0.25) is 0 Å². The number of rotatable bonds is 3. The molecule has 1 aromatic carbocycles. The number of hydrogen-bond acceptors (Lipinski definition) is 3. The Bertz CT molecular complexity index is 430. The van der Waals surface area contributed by atoms with E-state index in [0.717, 1.165) is 12.1 Å². The lowest BCUT2D eigenvalue weighted by Crippen LogP contribution is -2.19. The molecule has 78 valence electrons. The molecule has 0 fully saturated rings. The Kier molecular flexibility index (Phi) is 3.07. The molecule has 0 radical (unpaired) electrons. The molecule has 6 heteroatoms. The quantitative estimate of drug-likeness (QED) is 0.815. The van der Waals surface area contributed by atoms with Crippen LogP contribution in [0.5, 0.6) is 5.75 Å². The van der Waals surface area contributed by atoms with Gasteiger partial charge in [-0.2, -0.15) is 0 Å². The van der Waals surface area contributed by atoms with Gasteiger partial charge in [-0.1, -0.05) is 0 Å². The summed E-state index contributed by atoms with van der Waals surface area (Å²) in [6.07, 6.45) is 0. The smallest absolute Gasteiger partial charge is 0.243 e. The third-order valence-corrected chi connectivity index (χ3v) is 3.14. The maximum atomic E-state index is 13.2. The number of hydrogen-bond donors (Lipinski definition) is 1. The molecule has 0 spiro atoms. The van der Waals surface area contributed by atoms with Crippen LogP contribution < -0.4 is 9.46 Å². The van der Waals surface area contributed by atoms with E-state index in [0.29, 0.717) is 0 Å². The zero-order valence-corrected chi connectivity index (χ0v) is 8.56. The average molecular weight is 219 g/mol. The van der Waals surface area contributed by atoms with Gasteiger partial charge in [0, 0.05) is 6.07 Å². The Hall–Kier alpha value is -1.14. The fourth-order valence-corrected chi connectivity index (χ4v) is 1.72. The van der Waals surface area contributed by atoms with E-state index in [1.165, 1.54) is 20.2 Å². The number of sulfonamides is 1. The van der Waals surface area contributed by atoms with Gasteiger partial charge in [0.05, 0.1) is 7.11 Å². The summed E-state index contributed by atoms with van der Waals surface area (Å²) in [7, 11) is -1.14. The highest BCUT2D eigenvalue weighted by Gasteiger charge is 2.16. The predicted molar refractivity (Wildman–Crippen MR) is 49.2 cm³/mol. The van der Waals surface area contributed by atoms with Gasteiger partial charge in [-0.05, 0) is 19.2 Å². The van der Waals surface area contributed by atoms with Crippen LogP contribution in [-0.4, -0.2) is 22.6 Å². The maximum absolute atomic E-state index is 13.2. The van der Waals surface area contributed by atoms with Crippen LogP contribution >= 0.6 is 0 Å². The van der Waals surface area contributed by atoms with Gasteiger partial charge in [-0.3, -0.25) is 0 Å². The van der Waals surface area contributed by atoms with Crippen molar-refractivity contribution in [3.63, 3.8) is 0 Å². The van der Waals surface area contributed by atoms with E-state index in [2.05, 4.69) is 0 Å². The van der Waals surface area contributed by atoms with Gasteiger partial charge in [0.1, 0.15) is 16.5 Å². The monoisotopic (exact) mass is 219 g/mol. The number of ether oxygens (including phenoxy) is 1. The Morgan fingerprint density at radius 1 is 1.43 bits per heavy atom. The summed E-state index contributed by atoms with van der Waals surface area (Å²) in [4.78, 5) is -0.388. The molecule has 0 unspecified atom stereocenters. The molecule has 0 aliphatic rings. The predicted octanol–water partition coefficient (Wildman–Crippen LogP) is 0.742. The third-order valence-electron chi connectivity index (χ3n) is 1.70.